The highest BCUT2D eigenvalue weighted by atomic mass is 16.5. The van der Waals surface area contributed by atoms with E-state index in [0.717, 1.165) is 4.68 Å². The molecule has 2 N–H and O–H groups in total. The topological polar surface area (TPSA) is 111 Å². The molecule has 0 radical (unpaired) electrons. The number of carboxylic acid groups (broad SMARTS) is 1. The summed E-state index contributed by atoms with van der Waals surface area (Å²) in [7, 11) is 1.43. The van der Waals surface area contributed by atoms with E-state index in [1.54, 1.807) is 0 Å². The molecule has 2 heterocycles. The Balaban J connectivity index is 2.10. The molecule has 0 saturated carbocycles. The molecule has 0 aliphatic carbocycles. The molecule has 1 aromatic heterocycles. The van der Waals surface area contributed by atoms with Crippen molar-refractivity contribution in [3.63, 3.8) is 0 Å². The van der Waals surface area contributed by atoms with Gasteiger partial charge < -0.3 is 15.2 Å². The van der Waals surface area contributed by atoms with E-state index in [0.29, 0.717) is 0 Å². The lowest BCUT2D eigenvalue weighted by Crippen LogP contribution is -2.43. The number of ether oxygens (including phenoxy) is 1. The average Bonchev–Trinajstić information content (AvgIpc) is 2.80. The minimum Gasteiger partial charge on any atom is -0.481 e. The molecule has 2 rings (SSSR count). The lowest BCUT2D eigenvalue weighted by atomic mass is 10.0. The first-order chi connectivity index (χ1) is 8.99. The van der Waals surface area contributed by atoms with Crippen molar-refractivity contribution in [2.45, 2.75) is 6.04 Å². The number of rotatable bonds is 3. The summed E-state index contributed by atoms with van der Waals surface area (Å²) < 4.78 is 6.08. The van der Waals surface area contributed by atoms with Crippen LogP contribution in [0.25, 0.3) is 0 Å². The zero-order valence-electron chi connectivity index (χ0n) is 10.2. The SMILES string of the molecule is Cn1nc(C(=O)NC2COCC2C(=O)O)ccc1=O. The van der Waals surface area contributed by atoms with Crippen LogP contribution in [0.4, 0.5) is 0 Å². The number of hydrogen-bond acceptors (Lipinski definition) is 5. The highest BCUT2D eigenvalue weighted by Gasteiger charge is 2.35. The van der Waals surface area contributed by atoms with E-state index in [1.807, 2.05) is 0 Å². The number of nitrogens with zero attached hydrogens (tertiary/aromatic N) is 2. The molecule has 0 spiro atoms. The Morgan fingerprint density at radius 1 is 1.47 bits per heavy atom. The van der Waals surface area contributed by atoms with Crippen LogP contribution in [0, 0.1) is 5.92 Å². The number of aromatic nitrogens is 2. The molecular weight excluding hydrogens is 254 g/mol. The minimum atomic E-state index is -1.02. The molecule has 8 heteroatoms. The lowest BCUT2D eigenvalue weighted by Gasteiger charge is -2.15. The van der Waals surface area contributed by atoms with Gasteiger partial charge in [0, 0.05) is 13.1 Å². The number of aryl methyl sites for hydroxylation is 1. The van der Waals surface area contributed by atoms with Crippen LogP contribution in [-0.2, 0) is 16.6 Å². The molecule has 1 fully saturated rings. The zero-order chi connectivity index (χ0) is 14.0. The van der Waals surface area contributed by atoms with Crippen LogP contribution < -0.4 is 10.9 Å². The molecule has 1 amide bonds. The second kappa shape index (κ2) is 5.19. The quantitative estimate of drug-likeness (QED) is 0.697. The Hall–Kier alpha value is -2.22. The van der Waals surface area contributed by atoms with Gasteiger partial charge in [0.2, 0.25) is 0 Å². The van der Waals surface area contributed by atoms with Gasteiger partial charge in [-0.1, -0.05) is 0 Å². The van der Waals surface area contributed by atoms with Gasteiger partial charge in [-0.05, 0) is 6.07 Å². The van der Waals surface area contributed by atoms with E-state index in [4.69, 9.17) is 9.84 Å². The van der Waals surface area contributed by atoms with Gasteiger partial charge in [0.05, 0.1) is 19.3 Å². The van der Waals surface area contributed by atoms with Crippen LogP contribution in [0.5, 0.6) is 0 Å². The van der Waals surface area contributed by atoms with Crippen molar-refractivity contribution in [3.05, 3.63) is 28.2 Å². The summed E-state index contributed by atoms with van der Waals surface area (Å²) in [6.07, 6.45) is 0. The zero-order valence-corrected chi connectivity index (χ0v) is 10.2. The first-order valence-electron chi connectivity index (χ1n) is 5.65. The molecule has 1 saturated heterocycles. The molecule has 2 unspecified atom stereocenters. The van der Waals surface area contributed by atoms with Crippen molar-refractivity contribution >= 4 is 11.9 Å². The Morgan fingerprint density at radius 3 is 2.84 bits per heavy atom. The summed E-state index contributed by atoms with van der Waals surface area (Å²) in [5.41, 5.74) is -0.276. The first kappa shape index (κ1) is 13.2. The van der Waals surface area contributed by atoms with Gasteiger partial charge in [-0.2, -0.15) is 5.10 Å². The van der Waals surface area contributed by atoms with Gasteiger partial charge in [0.15, 0.2) is 0 Å². The van der Waals surface area contributed by atoms with Crippen molar-refractivity contribution in [1.29, 1.82) is 0 Å². The van der Waals surface area contributed by atoms with Crippen LogP contribution >= 0.6 is 0 Å². The number of nitrogens with one attached hydrogen (secondary N) is 1. The fraction of sp³-hybridized carbons (Fsp3) is 0.455. The second-order valence-electron chi connectivity index (χ2n) is 4.24. The number of carbonyl (C=O) groups excluding carboxylic acids is 1. The molecule has 1 aromatic rings. The Labute approximate surface area is 108 Å². The van der Waals surface area contributed by atoms with E-state index in [1.165, 1.54) is 19.2 Å². The molecule has 1 aliphatic rings. The third-order valence-electron chi connectivity index (χ3n) is 2.91. The predicted molar refractivity (Wildman–Crippen MR) is 62.7 cm³/mol. The van der Waals surface area contributed by atoms with Crippen molar-refractivity contribution in [3.8, 4) is 0 Å². The van der Waals surface area contributed by atoms with Crippen molar-refractivity contribution in [1.82, 2.24) is 15.1 Å². The molecule has 1 aliphatic heterocycles. The summed E-state index contributed by atoms with van der Waals surface area (Å²) in [6.45, 7) is 0.218. The fourth-order valence-electron chi connectivity index (χ4n) is 1.81. The van der Waals surface area contributed by atoms with E-state index in [-0.39, 0.29) is 24.5 Å². The number of carbonyl (C=O) groups is 2. The molecule has 0 aromatic carbocycles. The number of aliphatic carboxylic acids is 1. The predicted octanol–water partition coefficient (Wildman–Crippen LogP) is -1.39. The third-order valence-corrected chi connectivity index (χ3v) is 2.91. The van der Waals surface area contributed by atoms with Crippen LogP contribution in [-0.4, -0.2) is 46.0 Å². The normalized spacial score (nSPS) is 22.2. The van der Waals surface area contributed by atoms with Gasteiger partial charge >= 0.3 is 5.97 Å². The van der Waals surface area contributed by atoms with E-state index in [9.17, 15) is 14.4 Å². The molecule has 2 atom stereocenters. The van der Waals surface area contributed by atoms with Crippen LogP contribution in [0.2, 0.25) is 0 Å². The monoisotopic (exact) mass is 267 g/mol. The highest BCUT2D eigenvalue weighted by molar-refractivity contribution is 5.92. The Bertz CT molecular complexity index is 568. The van der Waals surface area contributed by atoms with Crippen LogP contribution in [0.1, 0.15) is 10.5 Å². The number of hydrogen-bond donors (Lipinski definition) is 2. The van der Waals surface area contributed by atoms with Crippen LogP contribution in [0.15, 0.2) is 16.9 Å². The summed E-state index contributed by atoms with van der Waals surface area (Å²) >= 11 is 0. The Morgan fingerprint density at radius 2 is 2.21 bits per heavy atom. The largest absolute Gasteiger partial charge is 0.481 e. The van der Waals surface area contributed by atoms with Crippen molar-refractivity contribution in [2.75, 3.05) is 13.2 Å². The maximum absolute atomic E-state index is 11.9. The number of carboxylic acids is 1. The van der Waals surface area contributed by atoms with Gasteiger partial charge in [-0.3, -0.25) is 14.4 Å². The van der Waals surface area contributed by atoms with E-state index < -0.39 is 23.8 Å². The summed E-state index contributed by atoms with van der Waals surface area (Å²) in [5.74, 6) is -2.31. The van der Waals surface area contributed by atoms with Crippen LogP contribution in [0.3, 0.4) is 0 Å². The van der Waals surface area contributed by atoms with Gasteiger partial charge in [0.1, 0.15) is 11.6 Å². The van der Waals surface area contributed by atoms with Gasteiger partial charge in [-0.25, -0.2) is 4.68 Å². The maximum Gasteiger partial charge on any atom is 0.311 e. The third kappa shape index (κ3) is 2.79. The molecule has 0 bridgehead atoms. The van der Waals surface area contributed by atoms with Gasteiger partial charge in [-0.15, -0.1) is 0 Å². The smallest absolute Gasteiger partial charge is 0.311 e. The summed E-state index contributed by atoms with van der Waals surface area (Å²) in [6, 6.07) is 1.93. The summed E-state index contributed by atoms with van der Waals surface area (Å²) in [5, 5.41) is 15.3. The van der Waals surface area contributed by atoms with E-state index in [2.05, 4.69) is 10.4 Å². The fourth-order valence-corrected chi connectivity index (χ4v) is 1.81. The van der Waals surface area contributed by atoms with E-state index >= 15 is 0 Å². The highest BCUT2D eigenvalue weighted by Crippen LogP contribution is 2.14. The van der Waals surface area contributed by atoms with Crippen molar-refractivity contribution in [2.24, 2.45) is 13.0 Å². The molecule has 8 nitrogen and oxygen atoms in total. The first-order valence-corrected chi connectivity index (χ1v) is 5.65. The lowest BCUT2D eigenvalue weighted by molar-refractivity contribution is -0.142. The molecule has 19 heavy (non-hydrogen) atoms. The molecular formula is C11H13N3O5. The second-order valence-corrected chi connectivity index (χ2v) is 4.24. The Kier molecular flexibility index (Phi) is 3.61. The van der Waals surface area contributed by atoms with Crippen molar-refractivity contribution < 1.29 is 19.4 Å². The molecule has 102 valence electrons. The minimum absolute atomic E-state index is 0.0538. The number of amides is 1. The average molecular weight is 267 g/mol. The van der Waals surface area contributed by atoms with Gasteiger partial charge in [0.25, 0.3) is 11.5 Å². The summed E-state index contributed by atoms with van der Waals surface area (Å²) in [4.78, 5) is 34.0. The standard InChI is InChI=1S/C11H13N3O5/c1-14-9(15)3-2-7(13-14)10(16)12-8-5-19-4-6(8)11(17)18/h2-3,6,8H,4-5H2,1H3,(H,12,16)(H,17,18). The maximum atomic E-state index is 11.9.